The standard InChI is InChI=1S/C13H25N3O3S/c1-10(2)16-8-12(7-14-16)20(18,19)15-9-13(4,5)6-11(3)17/h7-8,10-11,15,17H,6,9H2,1-5H3/t11-/m0/s1. The van der Waals surface area contributed by atoms with Crippen molar-refractivity contribution in [1.29, 1.82) is 0 Å². The first-order valence-corrected chi connectivity index (χ1v) is 8.24. The summed E-state index contributed by atoms with van der Waals surface area (Å²) >= 11 is 0. The normalized spacial score (nSPS) is 14.8. The van der Waals surface area contributed by atoms with E-state index in [0.717, 1.165) is 0 Å². The Morgan fingerprint density at radius 2 is 2.00 bits per heavy atom. The van der Waals surface area contributed by atoms with Gasteiger partial charge in [-0.1, -0.05) is 13.8 Å². The van der Waals surface area contributed by atoms with Crippen molar-refractivity contribution in [3.8, 4) is 0 Å². The molecule has 0 aromatic carbocycles. The van der Waals surface area contributed by atoms with E-state index >= 15 is 0 Å². The van der Waals surface area contributed by atoms with Crippen molar-refractivity contribution in [1.82, 2.24) is 14.5 Å². The van der Waals surface area contributed by atoms with Crippen LogP contribution >= 0.6 is 0 Å². The molecule has 0 fully saturated rings. The lowest BCUT2D eigenvalue weighted by Gasteiger charge is -2.26. The molecule has 0 spiro atoms. The highest BCUT2D eigenvalue weighted by Gasteiger charge is 2.24. The quantitative estimate of drug-likeness (QED) is 0.800. The Morgan fingerprint density at radius 1 is 1.40 bits per heavy atom. The van der Waals surface area contributed by atoms with Gasteiger partial charge in [-0.05, 0) is 32.6 Å². The lowest BCUT2D eigenvalue weighted by Crippen LogP contribution is -2.35. The molecule has 0 aliphatic carbocycles. The first-order chi connectivity index (χ1) is 9.03. The molecule has 1 atom stereocenters. The molecule has 1 rings (SSSR count). The fourth-order valence-corrected chi connectivity index (χ4v) is 3.17. The summed E-state index contributed by atoms with van der Waals surface area (Å²) < 4.78 is 28.5. The molecular formula is C13H25N3O3S. The second kappa shape index (κ2) is 6.24. The zero-order valence-corrected chi connectivity index (χ0v) is 13.6. The molecule has 2 N–H and O–H groups in total. The molecule has 0 radical (unpaired) electrons. The van der Waals surface area contributed by atoms with Crippen LogP contribution in [-0.2, 0) is 10.0 Å². The number of aliphatic hydroxyl groups excluding tert-OH is 1. The Hall–Kier alpha value is -0.920. The minimum absolute atomic E-state index is 0.116. The highest BCUT2D eigenvalue weighted by atomic mass is 32.2. The van der Waals surface area contributed by atoms with Crippen molar-refractivity contribution in [3.63, 3.8) is 0 Å². The van der Waals surface area contributed by atoms with Crippen LogP contribution in [-0.4, -0.2) is 36.0 Å². The second-order valence-electron chi connectivity index (χ2n) is 6.29. The summed E-state index contributed by atoms with van der Waals surface area (Å²) in [6.07, 6.45) is 2.94. The van der Waals surface area contributed by atoms with Gasteiger partial charge in [-0.2, -0.15) is 5.10 Å². The highest BCUT2D eigenvalue weighted by molar-refractivity contribution is 7.89. The molecule has 0 unspecified atom stereocenters. The van der Waals surface area contributed by atoms with Gasteiger partial charge in [0.05, 0.1) is 12.3 Å². The summed E-state index contributed by atoms with van der Waals surface area (Å²) in [4.78, 5) is 0.166. The summed E-state index contributed by atoms with van der Waals surface area (Å²) in [7, 11) is -3.56. The largest absolute Gasteiger partial charge is 0.393 e. The smallest absolute Gasteiger partial charge is 0.243 e. The number of hydrogen-bond acceptors (Lipinski definition) is 4. The summed E-state index contributed by atoms with van der Waals surface area (Å²) in [5.74, 6) is 0. The van der Waals surface area contributed by atoms with Crippen LogP contribution in [0.15, 0.2) is 17.3 Å². The molecule has 0 bridgehead atoms. The maximum absolute atomic E-state index is 12.2. The summed E-state index contributed by atoms with van der Waals surface area (Å²) in [5.41, 5.74) is -0.310. The molecule has 1 aromatic heterocycles. The van der Waals surface area contributed by atoms with E-state index in [-0.39, 0.29) is 22.9 Å². The summed E-state index contributed by atoms with van der Waals surface area (Å²) in [5, 5.41) is 13.4. The van der Waals surface area contributed by atoms with Gasteiger partial charge in [0.15, 0.2) is 0 Å². The van der Waals surface area contributed by atoms with E-state index in [9.17, 15) is 13.5 Å². The third-order valence-electron chi connectivity index (χ3n) is 3.01. The van der Waals surface area contributed by atoms with Gasteiger partial charge >= 0.3 is 0 Å². The van der Waals surface area contributed by atoms with E-state index < -0.39 is 16.1 Å². The Balaban J connectivity index is 2.75. The number of nitrogens with zero attached hydrogens (tertiary/aromatic N) is 2. The van der Waals surface area contributed by atoms with E-state index in [0.29, 0.717) is 6.42 Å². The minimum Gasteiger partial charge on any atom is -0.393 e. The Kier molecular flexibility index (Phi) is 5.34. The SMILES string of the molecule is CC(C)n1cc(S(=O)(=O)NCC(C)(C)C[C@H](C)O)cn1. The van der Waals surface area contributed by atoms with Crippen LogP contribution in [0.4, 0.5) is 0 Å². The molecule has 0 saturated carbocycles. The minimum atomic E-state index is -3.56. The Bertz CT molecular complexity index is 533. The van der Waals surface area contributed by atoms with Gasteiger partial charge in [0.1, 0.15) is 4.90 Å². The van der Waals surface area contributed by atoms with Crippen molar-refractivity contribution >= 4 is 10.0 Å². The lowest BCUT2D eigenvalue weighted by atomic mass is 9.87. The van der Waals surface area contributed by atoms with Crippen LogP contribution in [0.2, 0.25) is 0 Å². The number of nitrogens with one attached hydrogen (secondary N) is 1. The number of aromatic nitrogens is 2. The highest BCUT2D eigenvalue weighted by Crippen LogP contribution is 2.22. The molecule has 0 aliphatic heterocycles. The fraction of sp³-hybridized carbons (Fsp3) is 0.769. The van der Waals surface area contributed by atoms with Gasteiger partial charge in [0.2, 0.25) is 10.0 Å². The number of aliphatic hydroxyl groups is 1. The van der Waals surface area contributed by atoms with E-state index in [1.165, 1.54) is 12.4 Å². The average Bonchev–Trinajstić information content (AvgIpc) is 2.75. The molecular weight excluding hydrogens is 278 g/mol. The lowest BCUT2D eigenvalue weighted by molar-refractivity contribution is 0.131. The zero-order valence-electron chi connectivity index (χ0n) is 12.8. The van der Waals surface area contributed by atoms with Gasteiger partial charge in [-0.25, -0.2) is 13.1 Å². The third kappa shape index (κ3) is 4.88. The Morgan fingerprint density at radius 3 is 2.45 bits per heavy atom. The molecule has 0 aliphatic rings. The third-order valence-corrected chi connectivity index (χ3v) is 4.36. The summed E-state index contributed by atoms with van der Waals surface area (Å²) in [6.45, 7) is 9.67. The van der Waals surface area contributed by atoms with Gasteiger partial charge in [-0.3, -0.25) is 4.68 Å². The number of sulfonamides is 1. The maximum Gasteiger partial charge on any atom is 0.243 e. The monoisotopic (exact) mass is 303 g/mol. The predicted molar refractivity (Wildman–Crippen MR) is 77.9 cm³/mol. The first-order valence-electron chi connectivity index (χ1n) is 6.75. The van der Waals surface area contributed by atoms with Crippen molar-refractivity contribution in [2.45, 2.75) is 58.1 Å². The van der Waals surface area contributed by atoms with Crippen LogP contribution in [0.5, 0.6) is 0 Å². The molecule has 20 heavy (non-hydrogen) atoms. The maximum atomic E-state index is 12.2. The van der Waals surface area contributed by atoms with Crippen molar-refractivity contribution < 1.29 is 13.5 Å². The molecule has 7 heteroatoms. The van der Waals surface area contributed by atoms with E-state index in [1.54, 1.807) is 11.6 Å². The molecule has 6 nitrogen and oxygen atoms in total. The second-order valence-corrected chi connectivity index (χ2v) is 8.06. The number of hydrogen-bond donors (Lipinski definition) is 2. The van der Waals surface area contributed by atoms with Crippen molar-refractivity contribution in [2.24, 2.45) is 5.41 Å². The molecule has 1 heterocycles. The first kappa shape index (κ1) is 17.1. The van der Waals surface area contributed by atoms with Crippen molar-refractivity contribution in [2.75, 3.05) is 6.54 Å². The predicted octanol–water partition coefficient (Wildman–Crippen LogP) is 1.54. The van der Waals surface area contributed by atoms with Gasteiger partial charge in [-0.15, -0.1) is 0 Å². The Labute approximate surface area is 121 Å². The topological polar surface area (TPSA) is 84.2 Å². The van der Waals surface area contributed by atoms with Crippen LogP contribution in [0.3, 0.4) is 0 Å². The fourth-order valence-electron chi connectivity index (χ4n) is 1.99. The average molecular weight is 303 g/mol. The molecule has 0 saturated heterocycles. The van der Waals surface area contributed by atoms with Gasteiger partial charge in [0.25, 0.3) is 0 Å². The van der Waals surface area contributed by atoms with Crippen LogP contribution in [0, 0.1) is 5.41 Å². The van der Waals surface area contributed by atoms with Gasteiger partial charge < -0.3 is 5.11 Å². The van der Waals surface area contributed by atoms with Crippen LogP contribution in [0.25, 0.3) is 0 Å². The van der Waals surface area contributed by atoms with E-state index in [2.05, 4.69) is 9.82 Å². The molecule has 0 amide bonds. The van der Waals surface area contributed by atoms with E-state index in [1.807, 2.05) is 27.7 Å². The van der Waals surface area contributed by atoms with Crippen molar-refractivity contribution in [3.05, 3.63) is 12.4 Å². The zero-order chi connectivity index (χ0) is 15.6. The van der Waals surface area contributed by atoms with Crippen LogP contribution < -0.4 is 4.72 Å². The molecule has 1 aromatic rings. The number of rotatable bonds is 7. The van der Waals surface area contributed by atoms with Gasteiger partial charge in [0, 0.05) is 18.8 Å². The van der Waals surface area contributed by atoms with Crippen LogP contribution in [0.1, 0.15) is 47.1 Å². The molecule has 116 valence electrons. The van der Waals surface area contributed by atoms with E-state index in [4.69, 9.17) is 0 Å². The summed E-state index contributed by atoms with van der Waals surface area (Å²) in [6, 6.07) is 0.116.